The maximum absolute atomic E-state index is 12.1. The molecule has 0 aliphatic rings. The van der Waals surface area contributed by atoms with E-state index in [1.54, 1.807) is 99.1 Å². The number of benzene rings is 4. The van der Waals surface area contributed by atoms with E-state index in [-0.39, 0.29) is 39.5 Å². The summed E-state index contributed by atoms with van der Waals surface area (Å²) in [7, 11) is 3.39. The number of pyridine rings is 2. The molecular formula is C56H62Cl2N6O8S2. The number of aliphatic imine (C=N–C) groups is 2. The Morgan fingerprint density at radius 2 is 1.00 bits per heavy atom. The van der Waals surface area contributed by atoms with Crippen LogP contribution >= 0.6 is 46.7 Å². The highest BCUT2D eigenvalue weighted by molar-refractivity contribution is 7.98. The molecule has 0 radical (unpaired) electrons. The number of nitrogens with zero attached hydrogens (tertiary/aromatic N) is 4. The van der Waals surface area contributed by atoms with E-state index in [2.05, 4.69) is 56.6 Å². The largest absolute Gasteiger partial charge is 0.488 e. The Labute approximate surface area is 451 Å². The highest BCUT2D eigenvalue weighted by atomic mass is 35.5. The maximum Gasteiger partial charge on any atom is 0.320 e. The maximum atomic E-state index is 12.1. The number of halogens is 2. The van der Waals surface area contributed by atoms with Crippen LogP contribution in [-0.2, 0) is 49.1 Å². The molecular weight excluding hydrogens is 1020 g/mol. The summed E-state index contributed by atoms with van der Waals surface area (Å²) in [5.74, 6) is 1.33. The zero-order valence-corrected chi connectivity index (χ0v) is 45.5. The third-order valence-corrected chi connectivity index (χ3v) is 13.9. The predicted molar refractivity (Wildman–Crippen MR) is 300 cm³/mol. The summed E-state index contributed by atoms with van der Waals surface area (Å²) in [6.45, 7) is 5.32. The van der Waals surface area contributed by atoms with Gasteiger partial charge in [-0.2, -0.15) is 23.5 Å². The lowest BCUT2D eigenvalue weighted by molar-refractivity contribution is -0.140. The first-order chi connectivity index (χ1) is 35.8. The molecule has 4 aromatic carbocycles. The molecule has 4 N–H and O–H groups in total. The molecule has 74 heavy (non-hydrogen) atoms. The van der Waals surface area contributed by atoms with Crippen LogP contribution in [0.2, 0.25) is 10.0 Å². The van der Waals surface area contributed by atoms with Gasteiger partial charge in [-0.1, -0.05) is 59.6 Å². The van der Waals surface area contributed by atoms with Gasteiger partial charge in [-0.05, 0) is 108 Å². The third-order valence-electron chi connectivity index (χ3n) is 12.1. The molecule has 0 saturated carbocycles. The number of hydrogen-bond acceptors (Lipinski definition) is 14. The normalized spacial score (nSPS) is 12.3. The van der Waals surface area contributed by atoms with Gasteiger partial charge in [0, 0.05) is 110 Å². The van der Waals surface area contributed by atoms with Gasteiger partial charge in [0.25, 0.3) is 0 Å². The lowest BCUT2D eigenvalue weighted by Crippen LogP contribution is -2.36. The SMILES string of the molecule is C/N=C\c1cncc(COc2cc(OCc3cccc(-c4cccc(COc5cc(OCc6cncc(/C=N/C)c6)c(CNC(CCSC)C(=O)O)cc5Cl)c4C)c3C)c(Cl)cc2CNC(CCSC)C(=O)O)c1. The summed E-state index contributed by atoms with van der Waals surface area (Å²) >= 11 is 17.0. The fourth-order valence-electron chi connectivity index (χ4n) is 7.99. The van der Waals surface area contributed by atoms with Gasteiger partial charge in [0.15, 0.2) is 0 Å². The zero-order valence-electron chi connectivity index (χ0n) is 42.3. The van der Waals surface area contributed by atoms with Crippen molar-refractivity contribution in [2.45, 2.75) is 78.3 Å². The van der Waals surface area contributed by atoms with Gasteiger partial charge in [0.2, 0.25) is 0 Å². The second-order valence-corrected chi connectivity index (χ2v) is 20.0. The van der Waals surface area contributed by atoms with E-state index in [4.69, 9.17) is 42.1 Å². The van der Waals surface area contributed by atoms with E-state index in [0.29, 0.717) is 68.5 Å². The Hall–Kier alpha value is -6.14. The monoisotopic (exact) mass is 1080 g/mol. The van der Waals surface area contributed by atoms with E-state index in [1.165, 1.54) is 0 Å². The highest BCUT2D eigenvalue weighted by Crippen LogP contribution is 2.38. The van der Waals surface area contributed by atoms with Crippen LogP contribution in [0.15, 0.2) is 108 Å². The van der Waals surface area contributed by atoms with Crippen molar-refractivity contribution in [1.82, 2.24) is 20.6 Å². The molecule has 6 rings (SSSR count). The molecule has 0 amide bonds. The van der Waals surface area contributed by atoms with Crippen molar-refractivity contribution in [3.63, 3.8) is 0 Å². The number of carboxylic acid groups (broad SMARTS) is 2. The van der Waals surface area contributed by atoms with Gasteiger partial charge in [-0.15, -0.1) is 0 Å². The summed E-state index contributed by atoms with van der Waals surface area (Å²) in [5.41, 5.74) is 10.7. The van der Waals surface area contributed by atoms with Crippen molar-refractivity contribution in [1.29, 1.82) is 0 Å². The minimum Gasteiger partial charge on any atom is -0.488 e. The molecule has 14 nitrogen and oxygen atoms in total. The van der Waals surface area contributed by atoms with Gasteiger partial charge >= 0.3 is 11.9 Å². The summed E-state index contributed by atoms with van der Waals surface area (Å²) < 4.78 is 25.7. The van der Waals surface area contributed by atoms with Crippen LogP contribution in [0.5, 0.6) is 23.0 Å². The number of aliphatic carboxylic acids is 2. The fraction of sp³-hybridized carbons (Fsp3) is 0.321. The van der Waals surface area contributed by atoms with Crippen LogP contribution in [-0.4, -0.2) is 94.7 Å². The first kappa shape index (κ1) is 57.1. The molecule has 2 unspecified atom stereocenters. The lowest BCUT2D eigenvalue weighted by Gasteiger charge is -2.20. The standard InChI is InChI=1S/C56H62Cl2N6O8S2/c1-35-41(33-71-53-21-51(69-31-39-17-37(23-59-3)25-61-27-39)43(19-47(53)57)29-63-49(55(65)66)13-15-73-5)9-7-11-45(35)46-12-8-10-42(36(46)2)34-72-54-22-52(70-32-40-18-38(24-60-4)26-62-28-40)44(20-48(54)58)30-64-50(56(67)68)14-16-74-6/h7-12,17-28,49-50,63-64H,13-16,29-34H2,1-6H3,(H,65,66)(H,67,68)/b59-23-,60-24+. The van der Waals surface area contributed by atoms with Crippen molar-refractivity contribution < 1.29 is 38.7 Å². The topological polar surface area (TPSA) is 186 Å². The van der Waals surface area contributed by atoms with Gasteiger partial charge in [-0.3, -0.25) is 29.5 Å². The van der Waals surface area contributed by atoms with Crippen molar-refractivity contribution >= 4 is 71.1 Å². The van der Waals surface area contributed by atoms with Crippen molar-refractivity contribution in [2.24, 2.45) is 9.98 Å². The molecule has 2 atom stereocenters. The minimum atomic E-state index is -0.927. The Kier molecular flexibility index (Phi) is 22.5. The number of thioether (sulfide) groups is 2. The van der Waals surface area contributed by atoms with Crippen LogP contribution in [0.3, 0.4) is 0 Å². The molecule has 0 bridgehead atoms. The van der Waals surface area contributed by atoms with Crippen molar-refractivity contribution in [3.8, 4) is 34.1 Å². The summed E-state index contributed by atoms with van der Waals surface area (Å²) in [6, 6.07) is 21.6. The predicted octanol–water partition coefficient (Wildman–Crippen LogP) is 11.1. The van der Waals surface area contributed by atoms with Crippen LogP contribution in [0.4, 0.5) is 0 Å². The summed E-state index contributed by atoms with van der Waals surface area (Å²) in [5, 5.41) is 26.8. The second-order valence-electron chi connectivity index (χ2n) is 17.2. The van der Waals surface area contributed by atoms with Crippen LogP contribution in [0, 0.1) is 13.8 Å². The Morgan fingerprint density at radius 3 is 1.38 bits per heavy atom. The molecule has 18 heteroatoms. The fourth-order valence-corrected chi connectivity index (χ4v) is 9.41. The summed E-state index contributed by atoms with van der Waals surface area (Å²) in [6.07, 6.45) is 15.1. The van der Waals surface area contributed by atoms with Crippen molar-refractivity contribution in [3.05, 3.63) is 163 Å². The highest BCUT2D eigenvalue weighted by Gasteiger charge is 2.22. The number of carboxylic acids is 2. The second kappa shape index (κ2) is 29.1. The number of nitrogens with one attached hydrogen (secondary N) is 2. The number of aromatic nitrogens is 2. The zero-order chi connectivity index (χ0) is 53.0. The number of carbonyl (C=O) groups is 2. The molecule has 2 heterocycles. The number of ether oxygens (including phenoxy) is 4. The van der Waals surface area contributed by atoms with E-state index < -0.39 is 24.0 Å². The molecule has 0 fully saturated rings. The molecule has 0 saturated heterocycles. The Bertz CT molecular complexity index is 2730. The van der Waals surface area contributed by atoms with Crippen LogP contribution in [0.25, 0.3) is 11.1 Å². The Morgan fingerprint density at radius 1 is 0.595 bits per heavy atom. The lowest BCUT2D eigenvalue weighted by atomic mass is 9.92. The van der Waals surface area contributed by atoms with E-state index in [1.807, 2.05) is 48.9 Å². The summed E-state index contributed by atoms with van der Waals surface area (Å²) in [4.78, 5) is 41.0. The Balaban J connectivity index is 1.21. The first-order valence-corrected chi connectivity index (χ1v) is 27.3. The van der Waals surface area contributed by atoms with Crippen LogP contribution in [0.1, 0.15) is 68.5 Å². The van der Waals surface area contributed by atoms with E-state index in [0.717, 1.165) is 55.6 Å². The molecule has 0 aliphatic heterocycles. The third kappa shape index (κ3) is 16.4. The van der Waals surface area contributed by atoms with Gasteiger partial charge in [0.05, 0.1) is 10.0 Å². The van der Waals surface area contributed by atoms with Gasteiger partial charge in [0.1, 0.15) is 61.5 Å². The number of hydrogen-bond donors (Lipinski definition) is 4. The molecule has 2 aromatic heterocycles. The molecule has 0 spiro atoms. The quantitative estimate of drug-likeness (QED) is 0.0325. The smallest absolute Gasteiger partial charge is 0.320 e. The molecule has 6 aromatic rings. The van der Waals surface area contributed by atoms with E-state index >= 15 is 0 Å². The molecule has 390 valence electrons. The van der Waals surface area contributed by atoms with E-state index in [9.17, 15) is 19.8 Å². The first-order valence-electron chi connectivity index (χ1n) is 23.8. The minimum absolute atomic E-state index is 0.192. The molecule has 0 aliphatic carbocycles. The van der Waals surface area contributed by atoms with Crippen LogP contribution < -0.4 is 29.6 Å². The average molecular weight is 1080 g/mol. The van der Waals surface area contributed by atoms with Crippen molar-refractivity contribution in [2.75, 3.05) is 38.1 Å². The van der Waals surface area contributed by atoms with Gasteiger partial charge in [-0.25, -0.2) is 0 Å². The number of rotatable bonds is 29. The average Bonchev–Trinajstić information content (AvgIpc) is 3.38. The van der Waals surface area contributed by atoms with Gasteiger partial charge < -0.3 is 39.8 Å².